The summed E-state index contributed by atoms with van der Waals surface area (Å²) in [5, 5.41) is 18.8. The molecule has 10 heavy (non-hydrogen) atoms. The van der Waals surface area contributed by atoms with Gasteiger partial charge < -0.3 is 10.2 Å². The average Bonchev–Trinajstić information content (AvgIpc) is 2.26. The molecule has 2 N–H and O–H groups in total. The molecule has 2 atom stereocenters. The Morgan fingerprint density at radius 2 is 1.90 bits per heavy atom. The maximum Gasteiger partial charge on any atom is 0.165 e. The van der Waals surface area contributed by atoms with Gasteiger partial charge in [-0.25, -0.2) is 0 Å². The molecule has 0 aromatic rings. The second-order valence-corrected chi connectivity index (χ2v) is 3.79. The molecule has 2 aliphatic rings. The first-order valence-electron chi connectivity index (χ1n) is 4.13. The Hall–Kier alpha value is -0.0800. The highest BCUT2D eigenvalue weighted by atomic mass is 16.5. The van der Waals surface area contributed by atoms with Crippen molar-refractivity contribution in [2.75, 3.05) is 0 Å². The van der Waals surface area contributed by atoms with E-state index in [0.717, 1.165) is 25.2 Å². The van der Waals surface area contributed by atoms with Crippen molar-refractivity contribution in [2.45, 2.75) is 37.9 Å². The van der Waals surface area contributed by atoms with Crippen molar-refractivity contribution in [1.29, 1.82) is 0 Å². The van der Waals surface area contributed by atoms with Gasteiger partial charge >= 0.3 is 0 Å². The summed E-state index contributed by atoms with van der Waals surface area (Å²) in [4.78, 5) is 0. The lowest BCUT2D eigenvalue weighted by atomic mass is 9.84. The molecule has 2 aliphatic carbocycles. The van der Waals surface area contributed by atoms with Crippen LogP contribution in [0, 0.1) is 11.8 Å². The fourth-order valence-corrected chi connectivity index (χ4v) is 2.38. The lowest BCUT2D eigenvalue weighted by molar-refractivity contribution is -0.212. The number of rotatable bonds is 0. The number of fused-ring (bicyclic) bond motifs is 2. The van der Waals surface area contributed by atoms with Crippen molar-refractivity contribution in [3.8, 4) is 0 Å². The van der Waals surface area contributed by atoms with E-state index in [4.69, 9.17) is 0 Å². The highest BCUT2D eigenvalue weighted by Crippen LogP contribution is 2.46. The lowest BCUT2D eigenvalue weighted by Crippen LogP contribution is -2.38. The first-order chi connectivity index (χ1) is 4.68. The molecule has 2 rings (SSSR count). The van der Waals surface area contributed by atoms with Crippen LogP contribution in [0.15, 0.2) is 0 Å². The van der Waals surface area contributed by atoms with Crippen LogP contribution in [0.3, 0.4) is 0 Å². The van der Waals surface area contributed by atoms with Crippen LogP contribution >= 0.6 is 0 Å². The fraction of sp³-hybridized carbons (Fsp3) is 1.00. The zero-order valence-electron chi connectivity index (χ0n) is 6.08. The minimum Gasteiger partial charge on any atom is -0.365 e. The smallest absolute Gasteiger partial charge is 0.165 e. The fourth-order valence-electron chi connectivity index (χ4n) is 2.38. The molecule has 0 aromatic heterocycles. The largest absolute Gasteiger partial charge is 0.365 e. The average molecular weight is 142 g/mol. The van der Waals surface area contributed by atoms with Gasteiger partial charge in [-0.3, -0.25) is 0 Å². The highest BCUT2D eigenvalue weighted by Gasteiger charge is 2.44. The van der Waals surface area contributed by atoms with Gasteiger partial charge in [-0.05, 0) is 31.6 Å². The van der Waals surface area contributed by atoms with Gasteiger partial charge in [0.2, 0.25) is 0 Å². The van der Waals surface area contributed by atoms with Gasteiger partial charge in [-0.1, -0.05) is 0 Å². The quantitative estimate of drug-likeness (QED) is 0.493. The minimum atomic E-state index is -1.31. The molecular weight excluding hydrogens is 128 g/mol. The predicted octanol–water partition coefficient (Wildman–Crippen LogP) is 0.877. The van der Waals surface area contributed by atoms with E-state index in [1.54, 1.807) is 0 Å². The van der Waals surface area contributed by atoms with Crippen LogP contribution < -0.4 is 0 Å². The first-order valence-corrected chi connectivity index (χ1v) is 4.13. The van der Waals surface area contributed by atoms with Gasteiger partial charge in [0.1, 0.15) is 0 Å². The molecule has 0 radical (unpaired) electrons. The molecule has 0 amide bonds. The summed E-state index contributed by atoms with van der Waals surface area (Å²) in [6.45, 7) is 0. The monoisotopic (exact) mass is 142 g/mol. The van der Waals surface area contributed by atoms with Crippen molar-refractivity contribution < 1.29 is 10.2 Å². The summed E-state index contributed by atoms with van der Waals surface area (Å²) < 4.78 is 0. The molecule has 0 saturated heterocycles. The van der Waals surface area contributed by atoms with Gasteiger partial charge in [0.25, 0.3) is 0 Å². The Morgan fingerprint density at radius 3 is 2.60 bits per heavy atom. The van der Waals surface area contributed by atoms with Crippen LogP contribution in [-0.4, -0.2) is 16.0 Å². The van der Waals surface area contributed by atoms with Crippen LogP contribution in [0.5, 0.6) is 0 Å². The van der Waals surface area contributed by atoms with Crippen molar-refractivity contribution in [2.24, 2.45) is 11.8 Å². The topological polar surface area (TPSA) is 40.5 Å². The number of hydrogen-bond donors (Lipinski definition) is 2. The van der Waals surface area contributed by atoms with Gasteiger partial charge in [0, 0.05) is 12.3 Å². The van der Waals surface area contributed by atoms with Crippen LogP contribution in [-0.2, 0) is 0 Å². The molecular formula is C8H14O2. The van der Waals surface area contributed by atoms with E-state index in [2.05, 4.69) is 0 Å². The molecule has 2 bridgehead atoms. The standard InChI is InChI=1S/C8H14O2/c9-8(10)4-3-6-1-2-7(8)5-6/h6-7,9-10H,1-5H2/t6-,7+/m0/s1. The molecule has 58 valence electrons. The van der Waals surface area contributed by atoms with Crippen molar-refractivity contribution >= 4 is 0 Å². The summed E-state index contributed by atoms with van der Waals surface area (Å²) in [5.41, 5.74) is 0. The van der Waals surface area contributed by atoms with Crippen LogP contribution in [0.4, 0.5) is 0 Å². The third-order valence-corrected chi connectivity index (χ3v) is 3.12. The summed E-state index contributed by atoms with van der Waals surface area (Å²) in [6, 6.07) is 0. The Morgan fingerprint density at radius 1 is 1.10 bits per heavy atom. The Kier molecular flexibility index (Phi) is 1.29. The predicted molar refractivity (Wildman–Crippen MR) is 37.2 cm³/mol. The number of hydrogen-bond acceptors (Lipinski definition) is 2. The molecule has 2 saturated carbocycles. The third-order valence-electron chi connectivity index (χ3n) is 3.12. The van der Waals surface area contributed by atoms with Crippen LogP contribution in [0.2, 0.25) is 0 Å². The Labute approximate surface area is 60.9 Å². The number of aliphatic hydroxyl groups is 2. The van der Waals surface area contributed by atoms with Gasteiger partial charge in [0.05, 0.1) is 0 Å². The summed E-state index contributed by atoms with van der Waals surface area (Å²) >= 11 is 0. The maximum atomic E-state index is 9.42. The molecule has 2 fully saturated rings. The molecule has 2 heteroatoms. The Balaban J connectivity index is 2.14. The molecule has 0 aromatic carbocycles. The zero-order valence-corrected chi connectivity index (χ0v) is 6.08. The van der Waals surface area contributed by atoms with Crippen LogP contribution in [0.1, 0.15) is 32.1 Å². The zero-order chi connectivity index (χ0) is 7.19. The van der Waals surface area contributed by atoms with E-state index in [0.29, 0.717) is 6.42 Å². The van der Waals surface area contributed by atoms with Crippen molar-refractivity contribution in [3.63, 3.8) is 0 Å². The van der Waals surface area contributed by atoms with Gasteiger partial charge in [-0.2, -0.15) is 0 Å². The van der Waals surface area contributed by atoms with Gasteiger partial charge in [0.15, 0.2) is 5.79 Å². The van der Waals surface area contributed by atoms with Crippen LogP contribution in [0.25, 0.3) is 0 Å². The maximum absolute atomic E-state index is 9.42. The summed E-state index contributed by atoms with van der Waals surface area (Å²) in [6.07, 6.45) is 4.91. The van der Waals surface area contributed by atoms with E-state index in [-0.39, 0.29) is 5.92 Å². The minimum absolute atomic E-state index is 0.186. The SMILES string of the molecule is OC1(O)CC[C@@H]2CC[C@@H]1C2. The molecule has 0 unspecified atom stereocenters. The third kappa shape index (κ3) is 0.867. The van der Waals surface area contributed by atoms with E-state index in [1.165, 1.54) is 6.42 Å². The van der Waals surface area contributed by atoms with E-state index in [9.17, 15) is 10.2 Å². The molecule has 0 heterocycles. The molecule has 0 aliphatic heterocycles. The van der Waals surface area contributed by atoms with Crippen molar-refractivity contribution in [3.05, 3.63) is 0 Å². The lowest BCUT2D eigenvalue weighted by Gasteiger charge is -2.32. The summed E-state index contributed by atoms with van der Waals surface area (Å²) in [5.74, 6) is -0.323. The van der Waals surface area contributed by atoms with Gasteiger partial charge in [-0.15, -0.1) is 0 Å². The normalized spacial score (nSPS) is 43.8. The van der Waals surface area contributed by atoms with Crippen molar-refractivity contribution in [1.82, 2.24) is 0 Å². The molecule has 2 nitrogen and oxygen atoms in total. The molecule has 0 spiro atoms. The Bertz CT molecular complexity index is 142. The second-order valence-electron chi connectivity index (χ2n) is 3.79. The van der Waals surface area contributed by atoms with E-state index < -0.39 is 5.79 Å². The van der Waals surface area contributed by atoms with E-state index in [1.807, 2.05) is 0 Å². The summed E-state index contributed by atoms with van der Waals surface area (Å²) in [7, 11) is 0. The first kappa shape index (κ1) is 6.62. The highest BCUT2D eigenvalue weighted by molar-refractivity contribution is 4.90. The van der Waals surface area contributed by atoms with E-state index >= 15 is 0 Å². The second kappa shape index (κ2) is 1.95.